The third-order valence-corrected chi connectivity index (χ3v) is 2.40. The molecule has 4 N–H and O–H groups in total. The third-order valence-electron chi connectivity index (χ3n) is 2.40. The highest BCUT2D eigenvalue weighted by atomic mass is 16.4. The number of carbonyl (C=O) groups excluding carboxylic acids is 2. The first-order valence-electron chi connectivity index (χ1n) is 6.57. The molecule has 0 spiro atoms. The van der Waals surface area contributed by atoms with E-state index < -0.39 is 12.0 Å². The van der Waals surface area contributed by atoms with Crippen LogP contribution >= 0.6 is 0 Å². The molecule has 1 heterocycles. The summed E-state index contributed by atoms with van der Waals surface area (Å²) in [5.74, 6) is -1.14. The lowest BCUT2D eigenvalue weighted by Crippen LogP contribution is -2.33. The Morgan fingerprint density at radius 3 is 2.71 bits per heavy atom. The number of urea groups is 1. The van der Waals surface area contributed by atoms with Crippen molar-refractivity contribution in [2.75, 3.05) is 18.4 Å². The Morgan fingerprint density at radius 2 is 2.05 bits per heavy atom. The predicted molar refractivity (Wildman–Crippen MR) is 74.8 cm³/mol. The number of carboxylic acid groups (broad SMARTS) is 1. The quantitative estimate of drug-likeness (QED) is 0.537. The van der Waals surface area contributed by atoms with Crippen LogP contribution in [0.15, 0.2) is 12.4 Å². The van der Waals surface area contributed by atoms with E-state index in [1.165, 1.54) is 17.1 Å². The van der Waals surface area contributed by atoms with Gasteiger partial charge in [0, 0.05) is 25.7 Å². The Morgan fingerprint density at radius 1 is 1.29 bits per heavy atom. The molecule has 1 aromatic rings. The lowest BCUT2D eigenvalue weighted by Gasteiger charge is -2.06. The minimum absolute atomic E-state index is 0.119. The number of aromatic nitrogens is 2. The molecule has 0 aliphatic heterocycles. The van der Waals surface area contributed by atoms with Crippen molar-refractivity contribution in [3.05, 3.63) is 12.4 Å². The van der Waals surface area contributed by atoms with E-state index in [1.807, 2.05) is 6.92 Å². The summed E-state index contributed by atoms with van der Waals surface area (Å²) in [6.07, 6.45) is 3.81. The summed E-state index contributed by atoms with van der Waals surface area (Å²) in [5.41, 5.74) is 0.379. The van der Waals surface area contributed by atoms with E-state index in [0.29, 0.717) is 12.2 Å². The molecule has 0 aliphatic carbocycles. The normalized spacial score (nSPS) is 9.95. The SMILES string of the molecule is CCCNC(=O)CCNC(=O)Nc1cnn(CC(=O)O)c1. The maximum Gasteiger partial charge on any atom is 0.325 e. The number of amides is 3. The van der Waals surface area contributed by atoms with E-state index >= 15 is 0 Å². The number of carboxylic acids is 1. The molecule has 1 rings (SSSR count). The van der Waals surface area contributed by atoms with E-state index in [2.05, 4.69) is 21.0 Å². The van der Waals surface area contributed by atoms with Crippen LogP contribution in [0.1, 0.15) is 19.8 Å². The molecular formula is C12H19N5O4. The monoisotopic (exact) mass is 297 g/mol. The van der Waals surface area contributed by atoms with Gasteiger partial charge >= 0.3 is 12.0 Å². The zero-order valence-electron chi connectivity index (χ0n) is 11.8. The predicted octanol–water partition coefficient (Wildman–Crippen LogP) is 0.00550. The van der Waals surface area contributed by atoms with Crippen molar-refractivity contribution < 1.29 is 19.5 Å². The second-order valence-electron chi connectivity index (χ2n) is 4.30. The van der Waals surface area contributed by atoms with Gasteiger partial charge < -0.3 is 21.1 Å². The number of anilines is 1. The van der Waals surface area contributed by atoms with Crippen LogP contribution in [0.4, 0.5) is 10.5 Å². The van der Waals surface area contributed by atoms with Crippen LogP contribution in [-0.2, 0) is 16.1 Å². The zero-order valence-corrected chi connectivity index (χ0v) is 11.8. The van der Waals surface area contributed by atoms with Crippen LogP contribution in [-0.4, -0.2) is 45.9 Å². The number of nitrogens with zero attached hydrogens (tertiary/aromatic N) is 2. The molecule has 0 fully saturated rings. The zero-order chi connectivity index (χ0) is 15.7. The largest absolute Gasteiger partial charge is 0.480 e. The lowest BCUT2D eigenvalue weighted by molar-refractivity contribution is -0.137. The van der Waals surface area contributed by atoms with Crippen molar-refractivity contribution in [1.82, 2.24) is 20.4 Å². The summed E-state index contributed by atoms with van der Waals surface area (Å²) < 4.78 is 1.19. The van der Waals surface area contributed by atoms with Gasteiger partial charge in [0.1, 0.15) is 6.54 Å². The molecular weight excluding hydrogens is 278 g/mol. The van der Waals surface area contributed by atoms with Crippen molar-refractivity contribution in [3.8, 4) is 0 Å². The smallest absolute Gasteiger partial charge is 0.325 e. The minimum Gasteiger partial charge on any atom is -0.480 e. The standard InChI is InChI=1S/C12H19N5O4/c1-2-4-13-10(18)3-5-14-12(21)16-9-6-15-17(7-9)8-11(19)20/h6-7H,2-5,8H2,1H3,(H,13,18)(H,19,20)(H2,14,16,21). The van der Waals surface area contributed by atoms with Crippen molar-refractivity contribution in [3.63, 3.8) is 0 Å². The molecule has 9 nitrogen and oxygen atoms in total. The summed E-state index contributed by atoms with van der Waals surface area (Å²) in [6, 6.07) is -0.479. The second kappa shape index (κ2) is 8.56. The van der Waals surface area contributed by atoms with Crippen LogP contribution in [0, 0.1) is 0 Å². The Bertz CT molecular complexity index is 500. The Kier molecular flexibility index (Phi) is 6.72. The summed E-state index contributed by atoms with van der Waals surface area (Å²) in [7, 11) is 0. The third kappa shape index (κ3) is 6.95. The number of hydrogen-bond acceptors (Lipinski definition) is 4. The van der Waals surface area contributed by atoms with E-state index in [9.17, 15) is 14.4 Å². The molecule has 21 heavy (non-hydrogen) atoms. The van der Waals surface area contributed by atoms with Crippen molar-refractivity contribution in [2.24, 2.45) is 0 Å². The fourth-order valence-electron chi connectivity index (χ4n) is 1.47. The van der Waals surface area contributed by atoms with Crippen molar-refractivity contribution >= 4 is 23.6 Å². The van der Waals surface area contributed by atoms with Crippen LogP contribution in [0.5, 0.6) is 0 Å². The number of aliphatic carboxylic acids is 1. The van der Waals surface area contributed by atoms with Crippen molar-refractivity contribution in [1.29, 1.82) is 0 Å². The van der Waals surface area contributed by atoms with Gasteiger partial charge in [-0.3, -0.25) is 14.3 Å². The van der Waals surface area contributed by atoms with E-state index in [1.54, 1.807) is 0 Å². The van der Waals surface area contributed by atoms with Crippen LogP contribution in [0.3, 0.4) is 0 Å². The van der Waals surface area contributed by atoms with Gasteiger partial charge in [0.2, 0.25) is 5.91 Å². The van der Waals surface area contributed by atoms with E-state index in [-0.39, 0.29) is 25.4 Å². The molecule has 0 saturated carbocycles. The van der Waals surface area contributed by atoms with Gasteiger partial charge in [-0.1, -0.05) is 6.92 Å². The van der Waals surface area contributed by atoms with E-state index in [4.69, 9.17) is 5.11 Å². The Labute approximate surface area is 121 Å². The second-order valence-corrected chi connectivity index (χ2v) is 4.30. The molecule has 0 atom stereocenters. The Balaban J connectivity index is 2.25. The van der Waals surface area contributed by atoms with E-state index in [0.717, 1.165) is 6.42 Å². The minimum atomic E-state index is -1.02. The molecule has 1 aromatic heterocycles. The first-order valence-corrected chi connectivity index (χ1v) is 6.57. The molecule has 116 valence electrons. The lowest BCUT2D eigenvalue weighted by atomic mass is 10.4. The summed E-state index contributed by atoms with van der Waals surface area (Å²) in [5, 5.41) is 20.1. The van der Waals surface area contributed by atoms with Gasteiger partial charge in [0.25, 0.3) is 0 Å². The topological polar surface area (TPSA) is 125 Å². The number of carbonyl (C=O) groups is 3. The van der Waals surface area contributed by atoms with Crippen LogP contribution in [0.25, 0.3) is 0 Å². The van der Waals surface area contributed by atoms with Gasteiger partial charge in [0.05, 0.1) is 11.9 Å². The van der Waals surface area contributed by atoms with Crippen molar-refractivity contribution in [2.45, 2.75) is 26.3 Å². The average Bonchev–Trinajstić information content (AvgIpc) is 2.82. The highest BCUT2D eigenvalue weighted by molar-refractivity contribution is 5.89. The van der Waals surface area contributed by atoms with Gasteiger partial charge in [-0.05, 0) is 6.42 Å². The molecule has 9 heteroatoms. The number of nitrogens with one attached hydrogen (secondary N) is 3. The molecule has 0 saturated heterocycles. The highest BCUT2D eigenvalue weighted by Crippen LogP contribution is 2.04. The summed E-state index contributed by atoms with van der Waals surface area (Å²) in [4.78, 5) is 33.3. The molecule has 0 unspecified atom stereocenters. The number of hydrogen-bond donors (Lipinski definition) is 4. The highest BCUT2D eigenvalue weighted by Gasteiger charge is 2.06. The average molecular weight is 297 g/mol. The summed E-state index contributed by atoms with van der Waals surface area (Å²) >= 11 is 0. The first-order chi connectivity index (χ1) is 10.0. The molecule has 3 amide bonds. The summed E-state index contributed by atoms with van der Waals surface area (Å²) in [6.45, 7) is 2.51. The van der Waals surface area contributed by atoms with Gasteiger partial charge in [-0.25, -0.2) is 4.79 Å². The fraction of sp³-hybridized carbons (Fsp3) is 0.500. The van der Waals surface area contributed by atoms with Crippen LogP contribution < -0.4 is 16.0 Å². The number of rotatable bonds is 8. The van der Waals surface area contributed by atoms with Gasteiger partial charge in [-0.15, -0.1) is 0 Å². The van der Waals surface area contributed by atoms with Crippen LogP contribution in [0.2, 0.25) is 0 Å². The maximum absolute atomic E-state index is 11.5. The fourth-order valence-corrected chi connectivity index (χ4v) is 1.47. The Hall–Kier alpha value is -2.58. The molecule has 0 aliphatic rings. The maximum atomic E-state index is 11.5. The molecule has 0 aromatic carbocycles. The van der Waals surface area contributed by atoms with Gasteiger partial charge in [-0.2, -0.15) is 5.10 Å². The molecule has 0 radical (unpaired) electrons. The van der Waals surface area contributed by atoms with Gasteiger partial charge in [0.15, 0.2) is 0 Å². The molecule has 0 bridgehead atoms. The first kappa shape index (κ1) is 16.5.